The Kier molecular flexibility index (Phi) is 6.38. The van der Waals surface area contributed by atoms with Crippen molar-refractivity contribution in [3.63, 3.8) is 0 Å². The number of benzene rings is 1. The molecule has 3 aromatic rings. The van der Waals surface area contributed by atoms with E-state index in [1.807, 2.05) is 29.6 Å². The van der Waals surface area contributed by atoms with Crippen molar-refractivity contribution in [3.05, 3.63) is 40.7 Å². The van der Waals surface area contributed by atoms with E-state index in [4.69, 9.17) is 16.3 Å². The van der Waals surface area contributed by atoms with Crippen molar-refractivity contribution in [2.75, 3.05) is 32.1 Å². The van der Waals surface area contributed by atoms with Crippen LogP contribution < -0.4 is 10.6 Å². The third-order valence-electron chi connectivity index (χ3n) is 3.67. The van der Waals surface area contributed by atoms with Gasteiger partial charge in [-0.3, -0.25) is 4.79 Å². The average molecular weight is 391 g/mol. The maximum absolute atomic E-state index is 11.8. The van der Waals surface area contributed by atoms with Gasteiger partial charge in [-0.15, -0.1) is 11.3 Å². The van der Waals surface area contributed by atoms with E-state index in [0.717, 1.165) is 15.8 Å². The van der Waals surface area contributed by atoms with Gasteiger partial charge in [-0.2, -0.15) is 0 Å². The van der Waals surface area contributed by atoms with Crippen LogP contribution in [0.25, 0.3) is 21.6 Å². The zero-order chi connectivity index (χ0) is 18.4. The van der Waals surface area contributed by atoms with E-state index in [1.54, 1.807) is 24.5 Å². The summed E-state index contributed by atoms with van der Waals surface area (Å²) < 4.78 is 4.92. The monoisotopic (exact) mass is 390 g/mol. The fourth-order valence-corrected chi connectivity index (χ4v) is 3.25. The quantitative estimate of drug-likeness (QED) is 0.575. The number of rotatable bonds is 8. The summed E-state index contributed by atoms with van der Waals surface area (Å²) in [6, 6.07) is 9.45. The van der Waals surface area contributed by atoms with Crippen LogP contribution in [0.5, 0.6) is 0 Å². The summed E-state index contributed by atoms with van der Waals surface area (Å²) in [5.41, 5.74) is 0.767. The van der Waals surface area contributed by atoms with E-state index < -0.39 is 0 Å². The molecule has 0 aliphatic carbocycles. The van der Waals surface area contributed by atoms with Crippen LogP contribution in [0.2, 0.25) is 5.02 Å². The summed E-state index contributed by atoms with van der Waals surface area (Å²) in [7, 11) is 1.60. The van der Waals surface area contributed by atoms with E-state index in [9.17, 15) is 4.79 Å². The second-order valence-electron chi connectivity index (χ2n) is 5.55. The second-order valence-corrected chi connectivity index (χ2v) is 6.94. The van der Waals surface area contributed by atoms with Gasteiger partial charge in [0.1, 0.15) is 5.82 Å². The Morgan fingerprint density at radius 1 is 1.27 bits per heavy atom. The maximum Gasteiger partial charge on any atom is 0.221 e. The van der Waals surface area contributed by atoms with Gasteiger partial charge < -0.3 is 15.4 Å². The lowest BCUT2D eigenvalue weighted by molar-refractivity contribution is -0.121. The number of carbonyl (C=O) groups excluding carboxylic acids is 1. The van der Waals surface area contributed by atoms with Crippen molar-refractivity contribution < 1.29 is 9.53 Å². The molecule has 0 aliphatic heterocycles. The highest BCUT2D eigenvalue weighted by Gasteiger charge is 2.11. The van der Waals surface area contributed by atoms with Crippen LogP contribution in [0, 0.1) is 0 Å². The Morgan fingerprint density at radius 3 is 2.92 bits per heavy atom. The van der Waals surface area contributed by atoms with Gasteiger partial charge in [0.25, 0.3) is 0 Å². The van der Waals surface area contributed by atoms with Gasteiger partial charge >= 0.3 is 0 Å². The number of hydrogen-bond donors (Lipinski definition) is 2. The summed E-state index contributed by atoms with van der Waals surface area (Å²) >= 11 is 7.69. The lowest BCUT2D eigenvalue weighted by Gasteiger charge is -2.11. The molecule has 0 bridgehead atoms. The molecule has 1 aromatic carbocycles. The highest BCUT2D eigenvalue weighted by molar-refractivity contribution is 7.13. The van der Waals surface area contributed by atoms with E-state index >= 15 is 0 Å². The second kappa shape index (κ2) is 8.93. The maximum atomic E-state index is 11.8. The molecule has 0 unspecified atom stereocenters. The number of nitrogens with one attached hydrogen (secondary N) is 2. The van der Waals surface area contributed by atoms with Crippen LogP contribution in [-0.2, 0) is 9.53 Å². The smallest absolute Gasteiger partial charge is 0.221 e. The van der Waals surface area contributed by atoms with Crippen molar-refractivity contribution in [2.45, 2.75) is 6.42 Å². The minimum atomic E-state index is -0.0329. The number of anilines is 1. The molecule has 136 valence electrons. The van der Waals surface area contributed by atoms with Crippen molar-refractivity contribution in [1.29, 1.82) is 0 Å². The number of nitrogens with zero attached hydrogens (tertiary/aromatic N) is 2. The molecule has 0 saturated carbocycles. The first-order chi connectivity index (χ1) is 12.7. The zero-order valence-corrected chi connectivity index (χ0v) is 15.9. The standard InChI is InChI=1S/C18H19ClN4O2S/c1-25-9-8-20-16(24)6-7-21-17-13-5-4-12(19)11-14(13)22-18(23-17)15-3-2-10-26-15/h2-5,10-11H,6-9H2,1H3,(H,20,24)(H,21,22,23). The number of amides is 1. The average Bonchev–Trinajstić information content (AvgIpc) is 3.16. The minimum absolute atomic E-state index is 0.0329. The van der Waals surface area contributed by atoms with Gasteiger partial charge in [-0.1, -0.05) is 17.7 Å². The number of ether oxygens (including phenoxy) is 1. The Morgan fingerprint density at radius 2 is 2.15 bits per heavy atom. The number of hydrogen-bond acceptors (Lipinski definition) is 6. The molecule has 1 amide bonds. The molecule has 2 N–H and O–H groups in total. The molecule has 3 rings (SSSR count). The van der Waals surface area contributed by atoms with E-state index in [2.05, 4.69) is 20.6 Å². The Labute approximate surface area is 160 Å². The number of carbonyl (C=O) groups is 1. The minimum Gasteiger partial charge on any atom is -0.383 e. The SMILES string of the molecule is COCCNC(=O)CCNc1nc(-c2cccs2)nc2cc(Cl)ccc12. The van der Waals surface area contributed by atoms with Crippen LogP contribution >= 0.6 is 22.9 Å². The van der Waals surface area contributed by atoms with Gasteiger partial charge in [0.2, 0.25) is 5.91 Å². The molecule has 0 saturated heterocycles. The van der Waals surface area contributed by atoms with E-state index in [1.165, 1.54) is 0 Å². The van der Waals surface area contributed by atoms with Crippen LogP contribution in [-0.4, -0.2) is 42.7 Å². The summed E-state index contributed by atoms with van der Waals surface area (Å²) in [6.45, 7) is 1.48. The summed E-state index contributed by atoms with van der Waals surface area (Å²) in [6.07, 6.45) is 0.344. The van der Waals surface area contributed by atoms with E-state index in [0.29, 0.717) is 42.8 Å². The lowest BCUT2D eigenvalue weighted by Crippen LogP contribution is -2.28. The number of fused-ring (bicyclic) bond motifs is 1. The lowest BCUT2D eigenvalue weighted by atomic mass is 10.2. The fraction of sp³-hybridized carbons (Fsp3) is 0.278. The number of aromatic nitrogens is 2. The van der Waals surface area contributed by atoms with Crippen molar-refractivity contribution in [1.82, 2.24) is 15.3 Å². The Hall–Kier alpha value is -2.22. The molecular formula is C18H19ClN4O2S. The predicted molar refractivity (Wildman–Crippen MR) is 106 cm³/mol. The molecule has 6 nitrogen and oxygen atoms in total. The molecule has 0 spiro atoms. The highest BCUT2D eigenvalue weighted by atomic mass is 35.5. The third kappa shape index (κ3) is 4.69. The number of halogens is 1. The molecule has 0 atom stereocenters. The van der Waals surface area contributed by atoms with Crippen molar-refractivity contribution in [2.24, 2.45) is 0 Å². The summed E-state index contributed by atoms with van der Waals surface area (Å²) in [4.78, 5) is 22.0. The topological polar surface area (TPSA) is 76.1 Å². The molecule has 26 heavy (non-hydrogen) atoms. The Balaban J connectivity index is 1.77. The van der Waals surface area contributed by atoms with Crippen LogP contribution in [0.4, 0.5) is 5.82 Å². The number of thiophene rings is 1. The molecule has 0 radical (unpaired) electrons. The highest BCUT2D eigenvalue weighted by Crippen LogP contribution is 2.28. The molecule has 2 aromatic heterocycles. The van der Waals surface area contributed by atoms with Gasteiger partial charge in [-0.25, -0.2) is 9.97 Å². The molecular weight excluding hydrogens is 372 g/mol. The zero-order valence-electron chi connectivity index (χ0n) is 14.3. The first-order valence-corrected chi connectivity index (χ1v) is 9.44. The van der Waals surface area contributed by atoms with Crippen molar-refractivity contribution >= 4 is 45.6 Å². The molecule has 8 heteroatoms. The van der Waals surface area contributed by atoms with Gasteiger partial charge in [0.15, 0.2) is 5.82 Å². The van der Waals surface area contributed by atoms with E-state index in [-0.39, 0.29) is 5.91 Å². The first kappa shape index (κ1) is 18.6. The first-order valence-electron chi connectivity index (χ1n) is 8.18. The number of methoxy groups -OCH3 is 1. The van der Waals surface area contributed by atoms with Gasteiger partial charge in [0.05, 0.1) is 17.0 Å². The van der Waals surface area contributed by atoms with Crippen LogP contribution in [0.15, 0.2) is 35.7 Å². The normalized spacial score (nSPS) is 10.8. The fourth-order valence-electron chi connectivity index (χ4n) is 2.43. The molecule has 2 heterocycles. The third-order valence-corrected chi connectivity index (χ3v) is 4.77. The van der Waals surface area contributed by atoms with Gasteiger partial charge in [0, 0.05) is 37.0 Å². The summed E-state index contributed by atoms with van der Waals surface area (Å²) in [5.74, 6) is 1.30. The van der Waals surface area contributed by atoms with Crippen molar-refractivity contribution in [3.8, 4) is 10.7 Å². The largest absolute Gasteiger partial charge is 0.383 e. The molecule has 0 fully saturated rings. The predicted octanol–water partition coefficient (Wildman–Crippen LogP) is 3.58. The van der Waals surface area contributed by atoms with Crippen LogP contribution in [0.1, 0.15) is 6.42 Å². The van der Waals surface area contributed by atoms with Gasteiger partial charge in [-0.05, 0) is 29.6 Å². The molecule has 0 aliphatic rings. The van der Waals surface area contributed by atoms with Crippen LogP contribution in [0.3, 0.4) is 0 Å². The summed E-state index contributed by atoms with van der Waals surface area (Å²) in [5, 5.41) is 9.52. The Bertz CT molecular complexity index is 886.